The van der Waals surface area contributed by atoms with E-state index >= 15 is 0 Å². The molecule has 0 fully saturated rings. The van der Waals surface area contributed by atoms with E-state index in [1.165, 1.54) is 18.2 Å². The van der Waals surface area contributed by atoms with Crippen LogP contribution in [0.2, 0.25) is 0 Å². The van der Waals surface area contributed by atoms with E-state index in [1.54, 1.807) is 30.3 Å². The molecule has 0 amide bonds. The van der Waals surface area contributed by atoms with Gasteiger partial charge in [-0.15, -0.1) is 0 Å². The number of hydrogen-bond acceptors (Lipinski definition) is 2. The summed E-state index contributed by atoms with van der Waals surface area (Å²) in [5.74, 6) is -0.445. The summed E-state index contributed by atoms with van der Waals surface area (Å²) in [6.07, 6.45) is -0.0306. The van der Waals surface area contributed by atoms with Gasteiger partial charge in [-0.3, -0.25) is 0 Å². The summed E-state index contributed by atoms with van der Waals surface area (Å²) >= 11 is 0. The maximum atomic E-state index is 13.9. The Hall–Kier alpha value is -1.94. The first-order valence-corrected chi connectivity index (χ1v) is 6.54. The first kappa shape index (κ1) is 14.5. The molecule has 0 aromatic heterocycles. The molecule has 2 N–H and O–H groups in total. The van der Waals surface area contributed by atoms with Gasteiger partial charge < -0.3 is 10.5 Å². The second-order valence-electron chi connectivity index (χ2n) is 4.59. The molecule has 2 nitrogen and oxygen atoms in total. The molecule has 2 aromatic carbocycles. The van der Waals surface area contributed by atoms with E-state index in [-0.39, 0.29) is 11.9 Å². The summed E-state index contributed by atoms with van der Waals surface area (Å²) < 4.78 is 32.8. The van der Waals surface area contributed by atoms with E-state index in [9.17, 15) is 8.78 Å². The maximum absolute atomic E-state index is 13.9. The number of rotatable bonds is 5. The Morgan fingerprint density at radius 1 is 1.10 bits per heavy atom. The van der Waals surface area contributed by atoms with Crippen molar-refractivity contribution in [1.29, 1.82) is 0 Å². The standard InChI is InChI=1S/C16H17F2NO/c1-2-15(19)16(13-8-3-4-9-14(13)18)20-12-7-5-6-11(17)10-12/h3-10,15-16H,2,19H2,1H3. The van der Waals surface area contributed by atoms with Gasteiger partial charge in [0.1, 0.15) is 23.5 Å². The molecule has 2 rings (SSSR count). The predicted molar refractivity (Wildman–Crippen MR) is 74.4 cm³/mol. The number of benzene rings is 2. The van der Waals surface area contributed by atoms with Crippen molar-refractivity contribution in [2.24, 2.45) is 5.73 Å². The maximum Gasteiger partial charge on any atom is 0.142 e. The molecule has 2 unspecified atom stereocenters. The number of hydrogen-bond donors (Lipinski definition) is 1. The first-order valence-electron chi connectivity index (χ1n) is 6.54. The quantitative estimate of drug-likeness (QED) is 0.901. The molecule has 0 heterocycles. The molecule has 20 heavy (non-hydrogen) atoms. The van der Waals surface area contributed by atoms with Gasteiger partial charge in [0.25, 0.3) is 0 Å². The molecule has 0 aliphatic heterocycles. The van der Waals surface area contributed by atoms with Crippen LogP contribution in [-0.4, -0.2) is 6.04 Å². The number of nitrogens with two attached hydrogens (primary N) is 1. The summed E-state index contributed by atoms with van der Waals surface area (Å²) in [7, 11) is 0. The SMILES string of the molecule is CCC(N)C(Oc1cccc(F)c1)c1ccccc1F. The van der Waals surface area contributed by atoms with Crippen molar-refractivity contribution >= 4 is 0 Å². The zero-order valence-electron chi connectivity index (χ0n) is 11.2. The van der Waals surface area contributed by atoms with Crippen molar-refractivity contribution in [3.63, 3.8) is 0 Å². The van der Waals surface area contributed by atoms with Crippen LogP contribution >= 0.6 is 0 Å². The molecular weight excluding hydrogens is 260 g/mol. The third kappa shape index (κ3) is 3.33. The van der Waals surface area contributed by atoms with Gasteiger partial charge in [0, 0.05) is 17.7 Å². The average molecular weight is 277 g/mol. The molecule has 0 saturated heterocycles. The molecule has 0 saturated carbocycles. The van der Waals surface area contributed by atoms with Gasteiger partial charge in [0.15, 0.2) is 0 Å². The summed E-state index contributed by atoms with van der Waals surface area (Å²) in [5, 5.41) is 0. The molecular formula is C16H17F2NO. The van der Waals surface area contributed by atoms with Gasteiger partial charge in [-0.1, -0.05) is 31.2 Å². The Labute approximate surface area is 117 Å². The van der Waals surface area contributed by atoms with E-state index < -0.39 is 11.9 Å². The number of halogens is 2. The van der Waals surface area contributed by atoms with E-state index in [2.05, 4.69) is 0 Å². The first-order chi connectivity index (χ1) is 9.61. The van der Waals surface area contributed by atoms with Gasteiger partial charge in [0.05, 0.1) is 0 Å². The molecule has 106 valence electrons. The summed E-state index contributed by atoms with van der Waals surface area (Å²) in [4.78, 5) is 0. The van der Waals surface area contributed by atoms with Crippen LogP contribution in [0.5, 0.6) is 5.75 Å². The minimum Gasteiger partial charge on any atom is -0.484 e. The van der Waals surface area contributed by atoms with Crippen LogP contribution in [0.1, 0.15) is 25.0 Å². The largest absolute Gasteiger partial charge is 0.484 e. The van der Waals surface area contributed by atoms with Crippen molar-refractivity contribution in [2.75, 3.05) is 0 Å². The van der Waals surface area contributed by atoms with Crippen LogP contribution in [0.15, 0.2) is 48.5 Å². The van der Waals surface area contributed by atoms with Crippen molar-refractivity contribution in [3.05, 3.63) is 65.7 Å². The van der Waals surface area contributed by atoms with E-state index in [0.29, 0.717) is 17.7 Å². The summed E-state index contributed by atoms with van der Waals surface area (Å²) in [6.45, 7) is 1.90. The lowest BCUT2D eigenvalue weighted by molar-refractivity contribution is 0.166. The highest BCUT2D eigenvalue weighted by molar-refractivity contribution is 5.27. The van der Waals surface area contributed by atoms with Gasteiger partial charge in [-0.2, -0.15) is 0 Å². The van der Waals surface area contributed by atoms with Gasteiger partial charge in [-0.05, 0) is 24.6 Å². The van der Waals surface area contributed by atoms with Gasteiger partial charge in [0.2, 0.25) is 0 Å². The third-order valence-electron chi connectivity index (χ3n) is 3.13. The third-order valence-corrected chi connectivity index (χ3v) is 3.13. The Morgan fingerprint density at radius 2 is 1.85 bits per heavy atom. The smallest absolute Gasteiger partial charge is 0.142 e. The molecule has 2 atom stereocenters. The van der Waals surface area contributed by atoms with Crippen molar-refractivity contribution in [2.45, 2.75) is 25.5 Å². The fraction of sp³-hybridized carbons (Fsp3) is 0.250. The second kappa shape index (κ2) is 6.48. The highest BCUT2D eigenvalue weighted by Crippen LogP contribution is 2.27. The minimum absolute atomic E-state index is 0.335. The topological polar surface area (TPSA) is 35.2 Å². The Balaban J connectivity index is 2.32. The lowest BCUT2D eigenvalue weighted by Gasteiger charge is -2.25. The van der Waals surface area contributed by atoms with Crippen LogP contribution in [0.3, 0.4) is 0 Å². The van der Waals surface area contributed by atoms with E-state index in [0.717, 1.165) is 0 Å². The molecule has 0 bridgehead atoms. The van der Waals surface area contributed by atoms with Crippen molar-refractivity contribution < 1.29 is 13.5 Å². The molecule has 2 aromatic rings. The van der Waals surface area contributed by atoms with Crippen LogP contribution in [-0.2, 0) is 0 Å². The average Bonchev–Trinajstić information content (AvgIpc) is 2.45. The highest BCUT2D eigenvalue weighted by atomic mass is 19.1. The van der Waals surface area contributed by atoms with Crippen LogP contribution in [0.25, 0.3) is 0 Å². The van der Waals surface area contributed by atoms with Crippen LogP contribution in [0, 0.1) is 11.6 Å². The van der Waals surface area contributed by atoms with Crippen LogP contribution in [0.4, 0.5) is 8.78 Å². The Bertz CT molecular complexity index is 574. The molecule has 0 spiro atoms. The molecule has 0 aliphatic carbocycles. The van der Waals surface area contributed by atoms with E-state index in [4.69, 9.17) is 10.5 Å². The molecule has 4 heteroatoms. The zero-order valence-corrected chi connectivity index (χ0v) is 11.2. The fourth-order valence-corrected chi connectivity index (χ4v) is 1.99. The lowest BCUT2D eigenvalue weighted by atomic mass is 10.0. The fourth-order valence-electron chi connectivity index (χ4n) is 1.99. The summed E-state index contributed by atoms with van der Waals surface area (Å²) in [5.41, 5.74) is 6.40. The Kier molecular flexibility index (Phi) is 4.69. The Morgan fingerprint density at radius 3 is 2.50 bits per heavy atom. The van der Waals surface area contributed by atoms with Gasteiger partial charge >= 0.3 is 0 Å². The van der Waals surface area contributed by atoms with Gasteiger partial charge in [-0.25, -0.2) is 8.78 Å². The summed E-state index contributed by atoms with van der Waals surface area (Å²) in [6, 6.07) is 11.7. The normalized spacial score (nSPS) is 13.8. The molecule has 0 aliphatic rings. The lowest BCUT2D eigenvalue weighted by Crippen LogP contribution is -2.32. The number of ether oxygens (including phenoxy) is 1. The zero-order chi connectivity index (χ0) is 14.5. The predicted octanol–water partition coefficient (Wildman–Crippen LogP) is 3.82. The van der Waals surface area contributed by atoms with Crippen molar-refractivity contribution in [3.8, 4) is 5.75 Å². The van der Waals surface area contributed by atoms with Crippen LogP contribution < -0.4 is 10.5 Å². The second-order valence-corrected chi connectivity index (χ2v) is 4.59. The molecule has 0 radical (unpaired) electrons. The highest BCUT2D eigenvalue weighted by Gasteiger charge is 2.23. The monoisotopic (exact) mass is 277 g/mol. The minimum atomic E-state index is -0.650. The van der Waals surface area contributed by atoms with E-state index in [1.807, 2.05) is 6.92 Å². The van der Waals surface area contributed by atoms with Crippen molar-refractivity contribution in [1.82, 2.24) is 0 Å².